The SMILES string of the molecule is Cc1cc(-c2c(-c3cccc(C#N)c3)nc3ccc(C(=O)N[C@@H](C)C(C)(C)O)nn23)cc(C)n1. The summed E-state index contributed by atoms with van der Waals surface area (Å²) in [5.41, 5.74) is 4.86. The molecule has 0 unspecified atom stereocenters. The minimum atomic E-state index is -1.08. The molecule has 0 fully saturated rings. The lowest BCUT2D eigenvalue weighted by Gasteiger charge is -2.26. The Balaban J connectivity index is 1.92. The number of fused-ring (bicyclic) bond motifs is 1. The summed E-state index contributed by atoms with van der Waals surface area (Å²) < 4.78 is 1.65. The first-order chi connectivity index (χ1) is 16.1. The van der Waals surface area contributed by atoms with Crippen molar-refractivity contribution in [2.45, 2.75) is 46.3 Å². The summed E-state index contributed by atoms with van der Waals surface area (Å²) in [4.78, 5) is 22.2. The Morgan fingerprint density at radius 2 is 1.79 bits per heavy atom. The maximum atomic E-state index is 12.9. The molecule has 0 radical (unpaired) electrons. The smallest absolute Gasteiger partial charge is 0.272 e. The monoisotopic (exact) mass is 454 g/mol. The highest BCUT2D eigenvalue weighted by Gasteiger charge is 2.25. The van der Waals surface area contributed by atoms with E-state index in [1.807, 2.05) is 38.1 Å². The second-order valence-corrected chi connectivity index (χ2v) is 8.98. The van der Waals surface area contributed by atoms with Gasteiger partial charge in [-0.1, -0.05) is 12.1 Å². The molecule has 0 aliphatic heterocycles. The predicted molar refractivity (Wildman–Crippen MR) is 129 cm³/mol. The highest BCUT2D eigenvalue weighted by atomic mass is 16.3. The molecule has 4 aromatic rings. The number of aliphatic hydroxyl groups is 1. The number of imidazole rings is 1. The summed E-state index contributed by atoms with van der Waals surface area (Å²) in [6, 6.07) is 16.2. The van der Waals surface area contributed by atoms with Crippen LogP contribution < -0.4 is 5.32 Å². The van der Waals surface area contributed by atoms with E-state index < -0.39 is 17.6 Å². The Bertz CT molecular complexity index is 1420. The van der Waals surface area contributed by atoms with Crippen LogP contribution in [0, 0.1) is 25.2 Å². The van der Waals surface area contributed by atoms with E-state index in [0.29, 0.717) is 22.6 Å². The van der Waals surface area contributed by atoms with Crippen LogP contribution in [-0.4, -0.2) is 42.2 Å². The van der Waals surface area contributed by atoms with Crippen molar-refractivity contribution in [2.75, 3.05) is 0 Å². The van der Waals surface area contributed by atoms with Crippen molar-refractivity contribution in [1.82, 2.24) is 24.9 Å². The highest BCUT2D eigenvalue weighted by molar-refractivity contribution is 5.93. The lowest BCUT2D eigenvalue weighted by molar-refractivity contribution is 0.0407. The second kappa shape index (κ2) is 8.69. The number of rotatable bonds is 5. The van der Waals surface area contributed by atoms with E-state index in [4.69, 9.17) is 4.98 Å². The van der Waals surface area contributed by atoms with Gasteiger partial charge in [-0.3, -0.25) is 9.78 Å². The lowest BCUT2D eigenvalue weighted by Crippen LogP contribution is -2.47. The molecular weight excluding hydrogens is 428 g/mol. The number of benzene rings is 1. The first kappa shape index (κ1) is 23.1. The number of nitriles is 1. The molecule has 0 aliphatic rings. The van der Waals surface area contributed by atoms with E-state index in [1.165, 1.54) is 0 Å². The van der Waals surface area contributed by atoms with Crippen molar-refractivity contribution in [1.29, 1.82) is 5.26 Å². The minimum Gasteiger partial charge on any atom is -0.388 e. The van der Waals surface area contributed by atoms with Crippen molar-refractivity contribution in [3.63, 3.8) is 0 Å². The van der Waals surface area contributed by atoms with Crippen LogP contribution in [-0.2, 0) is 0 Å². The molecular formula is C26H26N6O2. The van der Waals surface area contributed by atoms with Gasteiger partial charge in [-0.15, -0.1) is 0 Å². The Morgan fingerprint density at radius 1 is 1.09 bits per heavy atom. The van der Waals surface area contributed by atoms with Gasteiger partial charge in [-0.25, -0.2) is 9.50 Å². The molecule has 3 heterocycles. The van der Waals surface area contributed by atoms with Gasteiger partial charge in [-0.2, -0.15) is 10.4 Å². The number of nitrogens with one attached hydrogen (secondary N) is 1. The summed E-state index contributed by atoms with van der Waals surface area (Å²) in [5.74, 6) is -0.397. The van der Waals surface area contributed by atoms with Crippen LogP contribution >= 0.6 is 0 Å². The maximum Gasteiger partial charge on any atom is 0.272 e. The Hall–Kier alpha value is -4.09. The van der Waals surface area contributed by atoms with Crippen molar-refractivity contribution >= 4 is 11.6 Å². The van der Waals surface area contributed by atoms with Crippen LogP contribution in [0.4, 0.5) is 0 Å². The molecule has 34 heavy (non-hydrogen) atoms. The zero-order valence-electron chi connectivity index (χ0n) is 19.8. The van der Waals surface area contributed by atoms with Crippen molar-refractivity contribution in [3.05, 3.63) is 71.2 Å². The average Bonchev–Trinajstić information content (AvgIpc) is 3.16. The van der Waals surface area contributed by atoms with Crippen molar-refractivity contribution in [2.24, 2.45) is 0 Å². The van der Waals surface area contributed by atoms with E-state index in [2.05, 4.69) is 21.5 Å². The molecule has 4 rings (SSSR count). The molecule has 0 aliphatic carbocycles. The molecule has 2 N–H and O–H groups in total. The van der Waals surface area contributed by atoms with Gasteiger partial charge in [0, 0.05) is 22.5 Å². The molecule has 8 heteroatoms. The topological polar surface area (TPSA) is 116 Å². The summed E-state index contributed by atoms with van der Waals surface area (Å²) in [6.45, 7) is 8.85. The number of carbonyl (C=O) groups excluding carboxylic acids is 1. The number of pyridine rings is 1. The zero-order valence-corrected chi connectivity index (χ0v) is 19.8. The Kier molecular flexibility index (Phi) is 5.90. The van der Waals surface area contributed by atoms with Gasteiger partial charge in [0.05, 0.1) is 29.0 Å². The minimum absolute atomic E-state index is 0.196. The summed E-state index contributed by atoms with van der Waals surface area (Å²) >= 11 is 0. The third-order valence-corrected chi connectivity index (χ3v) is 5.74. The average molecular weight is 455 g/mol. The fourth-order valence-electron chi connectivity index (χ4n) is 3.67. The number of hydrogen-bond donors (Lipinski definition) is 2. The van der Waals surface area contributed by atoms with Gasteiger partial charge < -0.3 is 10.4 Å². The number of hydrogen-bond acceptors (Lipinski definition) is 6. The molecule has 3 aromatic heterocycles. The third-order valence-electron chi connectivity index (χ3n) is 5.74. The Labute approximate surface area is 197 Å². The van der Waals surface area contributed by atoms with Crippen LogP contribution in [0.3, 0.4) is 0 Å². The quantitative estimate of drug-likeness (QED) is 0.473. The van der Waals surface area contributed by atoms with Crippen LogP contribution in [0.5, 0.6) is 0 Å². The summed E-state index contributed by atoms with van der Waals surface area (Å²) in [5, 5.41) is 27.0. The molecule has 0 saturated heterocycles. The fraction of sp³-hybridized carbons (Fsp3) is 0.269. The highest BCUT2D eigenvalue weighted by Crippen LogP contribution is 2.33. The van der Waals surface area contributed by atoms with Crippen LogP contribution in [0.2, 0.25) is 0 Å². The molecule has 0 spiro atoms. The second-order valence-electron chi connectivity index (χ2n) is 8.98. The molecule has 1 amide bonds. The van der Waals surface area contributed by atoms with Crippen LogP contribution in [0.25, 0.3) is 28.2 Å². The van der Waals surface area contributed by atoms with E-state index in [1.54, 1.807) is 49.6 Å². The lowest BCUT2D eigenvalue weighted by atomic mass is 10.0. The maximum absolute atomic E-state index is 12.9. The van der Waals surface area contributed by atoms with Gasteiger partial charge in [0.15, 0.2) is 5.65 Å². The first-order valence-corrected chi connectivity index (χ1v) is 11.0. The van der Waals surface area contributed by atoms with Crippen LogP contribution in [0.1, 0.15) is 48.2 Å². The van der Waals surface area contributed by atoms with Crippen molar-refractivity contribution < 1.29 is 9.90 Å². The molecule has 172 valence electrons. The summed E-state index contributed by atoms with van der Waals surface area (Å²) in [7, 11) is 0. The number of aromatic nitrogens is 4. The molecule has 0 bridgehead atoms. The molecule has 1 atom stereocenters. The van der Waals surface area contributed by atoms with Gasteiger partial charge in [-0.05, 0) is 71.0 Å². The van der Waals surface area contributed by atoms with Crippen LogP contribution in [0.15, 0.2) is 48.5 Å². The third kappa shape index (κ3) is 4.51. The zero-order chi connectivity index (χ0) is 24.6. The predicted octanol–water partition coefficient (Wildman–Crippen LogP) is 3.84. The molecule has 0 saturated carbocycles. The molecule has 1 aromatic carbocycles. The normalized spacial score (nSPS) is 12.4. The van der Waals surface area contributed by atoms with E-state index in [-0.39, 0.29) is 5.69 Å². The number of nitrogens with zero attached hydrogens (tertiary/aromatic N) is 5. The van der Waals surface area contributed by atoms with E-state index in [9.17, 15) is 15.2 Å². The van der Waals surface area contributed by atoms with Gasteiger partial charge in [0.1, 0.15) is 11.4 Å². The standard InChI is InChI=1S/C26H26N6O2/c1-15-11-20(12-16(2)28-15)24-23(19-8-6-7-18(13-19)14-27)30-22-10-9-21(31-32(22)24)25(33)29-17(3)26(4,5)34/h6-13,17,34H,1-5H3,(H,29,33)/t17-/m0/s1. The number of aryl methyl sites for hydroxylation is 2. The summed E-state index contributed by atoms with van der Waals surface area (Å²) in [6.07, 6.45) is 0. The Morgan fingerprint density at radius 3 is 2.44 bits per heavy atom. The van der Waals surface area contributed by atoms with Crippen molar-refractivity contribution in [3.8, 4) is 28.6 Å². The van der Waals surface area contributed by atoms with Gasteiger partial charge >= 0.3 is 0 Å². The number of amides is 1. The van der Waals surface area contributed by atoms with E-state index >= 15 is 0 Å². The van der Waals surface area contributed by atoms with Gasteiger partial charge in [0.25, 0.3) is 5.91 Å². The van der Waals surface area contributed by atoms with E-state index in [0.717, 1.165) is 22.5 Å². The first-order valence-electron chi connectivity index (χ1n) is 11.0. The number of carbonyl (C=O) groups is 1. The molecule has 8 nitrogen and oxygen atoms in total. The fourth-order valence-corrected chi connectivity index (χ4v) is 3.67. The van der Waals surface area contributed by atoms with Gasteiger partial charge in [0.2, 0.25) is 0 Å². The largest absolute Gasteiger partial charge is 0.388 e.